The predicted octanol–water partition coefficient (Wildman–Crippen LogP) is 0.550. The molecule has 19 heavy (non-hydrogen) atoms. The first-order valence-corrected chi connectivity index (χ1v) is 7.42. The van der Waals surface area contributed by atoms with Crippen molar-refractivity contribution in [2.24, 2.45) is 0 Å². The van der Waals surface area contributed by atoms with Crippen molar-refractivity contribution in [3.63, 3.8) is 0 Å². The summed E-state index contributed by atoms with van der Waals surface area (Å²) in [5.74, 6) is -1.97. The Balaban J connectivity index is 2.12. The van der Waals surface area contributed by atoms with E-state index in [9.17, 15) is 14.4 Å². The zero-order chi connectivity index (χ0) is 14.0. The minimum Gasteiger partial charge on any atom is -0.481 e. The average molecular weight is 301 g/mol. The molecule has 9 heteroatoms. The summed E-state index contributed by atoms with van der Waals surface area (Å²) in [6.45, 7) is 1.91. The van der Waals surface area contributed by atoms with Crippen molar-refractivity contribution in [2.45, 2.75) is 25.0 Å². The zero-order valence-corrected chi connectivity index (χ0v) is 11.7. The Labute approximate surface area is 117 Å². The first-order valence-electron chi connectivity index (χ1n) is 5.55. The largest absolute Gasteiger partial charge is 0.481 e. The molecule has 0 aliphatic carbocycles. The number of amides is 2. The summed E-state index contributed by atoms with van der Waals surface area (Å²) in [7, 11) is 0. The van der Waals surface area contributed by atoms with E-state index in [1.165, 1.54) is 11.3 Å². The maximum absolute atomic E-state index is 12.1. The Kier molecular flexibility index (Phi) is 4.15. The van der Waals surface area contributed by atoms with Crippen LogP contribution in [-0.2, 0) is 20.8 Å². The van der Waals surface area contributed by atoms with Crippen LogP contribution in [0.3, 0.4) is 0 Å². The molecule has 0 saturated carbocycles. The molecule has 0 radical (unpaired) electrons. The van der Waals surface area contributed by atoms with Crippen LogP contribution in [0.4, 0.5) is 5.13 Å². The van der Waals surface area contributed by atoms with E-state index < -0.39 is 17.1 Å². The average Bonchev–Trinajstić information content (AvgIpc) is 2.92. The topological polar surface area (TPSA) is 100 Å². The Morgan fingerprint density at radius 1 is 1.53 bits per heavy atom. The number of aryl methyl sites for hydroxylation is 1. The molecular formula is C10H11N3O4S2. The molecule has 2 amide bonds. The Morgan fingerprint density at radius 2 is 2.26 bits per heavy atom. The van der Waals surface area contributed by atoms with Crippen LogP contribution in [0, 0.1) is 0 Å². The summed E-state index contributed by atoms with van der Waals surface area (Å²) < 4.78 is 0. The quantitative estimate of drug-likeness (QED) is 0.792. The fourth-order valence-electron chi connectivity index (χ4n) is 1.59. The monoisotopic (exact) mass is 301 g/mol. The van der Waals surface area contributed by atoms with Crippen LogP contribution in [0.2, 0.25) is 0 Å². The number of rotatable bonds is 5. The van der Waals surface area contributed by atoms with E-state index in [-0.39, 0.29) is 23.2 Å². The fraction of sp³-hybridized carbons (Fsp3) is 0.500. The molecule has 1 aromatic rings. The minimum atomic E-state index is -1.01. The molecule has 1 saturated heterocycles. The first kappa shape index (κ1) is 13.9. The predicted molar refractivity (Wildman–Crippen MR) is 70.3 cm³/mol. The van der Waals surface area contributed by atoms with E-state index in [0.717, 1.165) is 21.7 Å². The number of aromatic nitrogens is 2. The van der Waals surface area contributed by atoms with Gasteiger partial charge in [-0.3, -0.25) is 14.4 Å². The minimum absolute atomic E-state index is 0.0117. The standard InChI is InChI=1S/C10H11N3O4S2/c1-2-6-11-12-10(19-6)13-7(14)3-5(9(13)17)18-4-8(15)16/h5H,2-4H2,1H3,(H,15,16). The third kappa shape index (κ3) is 2.92. The van der Waals surface area contributed by atoms with Crippen molar-refractivity contribution in [2.75, 3.05) is 10.7 Å². The van der Waals surface area contributed by atoms with Crippen molar-refractivity contribution in [1.82, 2.24) is 10.2 Å². The third-order valence-electron chi connectivity index (χ3n) is 2.46. The summed E-state index contributed by atoms with van der Waals surface area (Å²) in [4.78, 5) is 35.4. The van der Waals surface area contributed by atoms with E-state index in [4.69, 9.17) is 5.11 Å². The highest BCUT2D eigenvalue weighted by molar-refractivity contribution is 8.01. The first-order chi connectivity index (χ1) is 9.02. The second-order valence-corrected chi connectivity index (χ2v) is 6.03. The molecule has 2 rings (SSSR count). The van der Waals surface area contributed by atoms with Crippen molar-refractivity contribution >= 4 is 46.0 Å². The lowest BCUT2D eigenvalue weighted by Crippen LogP contribution is -2.31. The number of thioether (sulfide) groups is 1. The van der Waals surface area contributed by atoms with Crippen LogP contribution in [0.15, 0.2) is 0 Å². The zero-order valence-electron chi connectivity index (χ0n) is 10.0. The molecule has 102 valence electrons. The Hall–Kier alpha value is -1.48. The van der Waals surface area contributed by atoms with Crippen LogP contribution in [0.25, 0.3) is 0 Å². The second kappa shape index (κ2) is 5.66. The van der Waals surface area contributed by atoms with Crippen molar-refractivity contribution in [3.05, 3.63) is 5.01 Å². The molecule has 7 nitrogen and oxygen atoms in total. The van der Waals surface area contributed by atoms with Gasteiger partial charge in [-0.05, 0) is 6.42 Å². The lowest BCUT2D eigenvalue weighted by atomic mass is 10.4. The normalized spacial score (nSPS) is 19.2. The van der Waals surface area contributed by atoms with Crippen molar-refractivity contribution in [1.29, 1.82) is 0 Å². The van der Waals surface area contributed by atoms with Crippen LogP contribution in [0.1, 0.15) is 18.4 Å². The van der Waals surface area contributed by atoms with Crippen LogP contribution in [-0.4, -0.2) is 44.1 Å². The van der Waals surface area contributed by atoms with Gasteiger partial charge in [-0.2, -0.15) is 0 Å². The summed E-state index contributed by atoms with van der Waals surface area (Å²) >= 11 is 2.16. The molecule has 1 fully saturated rings. The van der Waals surface area contributed by atoms with E-state index >= 15 is 0 Å². The molecule has 1 aromatic heterocycles. The van der Waals surface area contributed by atoms with Crippen LogP contribution >= 0.6 is 23.1 Å². The van der Waals surface area contributed by atoms with E-state index in [0.29, 0.717) is 6.42 Å². The molecule has 0 spiro atoms. The summed E-state index contributed by atoms with van der Waals surface area (Å²) in [6, 6.07) is 0. The number of hydrogen-bond acceptors (Lipinski definition) is 7. The smallest absolute Gasteiger partial charge is 0.313 e. The van der Waals surface area contributed by atoms with Gasteiger partial charge in [0.1, 0.15) is 5.01 Å². The Morgan fingerprint density at radius 3 is 2.84 bits per heavy atom. The highest BCUT2D eigenvalue weighted by Gasteiger charge is 2.41. The maximum atomic E-state index is 12.1. The van der Waals surface area contributed by atoms with E-state index in [1.807, 2.05) is 6.92 Å². The van der Waals surface area contributed by atoms with Gasteiger partial charge in [-0.25, -0.2) is 4.90 Å². The number of imide groups is 1. The summed E-state index contributed by atoms with van der Waals surface area (Å²) in [5, 5.41) is 16.7. The highest BCUT2D eigenvalue weighted by atomic mass is 32.2. The van der Waals surface area contributed by atoms with Gasteiger partial charge < -0.3 is 5.11 Å². The van der Waals surface area contributed by atoms with E-state index in [2.05, 4.69) is 10.2 Å². The van der Waals surface area contributed by atoms with Gasteiger partial charge >= 0.3 is 5.97 Å². The fourth-order valence-corrected chi connectivity index (χ4v) is 3.24. The molecule has 0 aromatic carbocycles. The molecule has 0 bridgehead atoms. The van der Waals surface area contributed by atoms with Crippen molar-refractivity contribution < 1.29 is 19.5 Å². The van der Waals surface area contributed by atoms with Gasteiger partial charge in [0.25, 0.3) is 0 Å². The number of nitrogens with zero attached hydrogens (tertiary/aromatic N) is 3. The van der Waals surface area contributed by atoms with Gasteiger partial charge in [0.15, 0.2) is 0 Å². The van der Waals surface area contributed by atoms with Gasteiger partial charge in [-0.1, -0.05) is 18.3 Å². The molecule has 1 aliphatic rings. The van der Waals surface area contributed by atoms with Crippen molar-refractivity contribution in [3.8, 4) is 0 Å². The number of carboxylic acid groups (broad SMARTS) is 1. The number of aliphatic carboxylic acids is 1. The Bertz CT molecular complexity index is 531. The summed E-state index contributed by atoms with van der Waals surface area (Å²) in [5.41, 5.74) is 0. The van der Waals surface area contributed by atoms with Crippen LogP contribution < -0.4 is 4.90 Å². The lowest BCUT2D eigenvalue weighted by molar-refractivity contribution is -0.134. The molecule has 1 N–H and O–H groups in total. The number of hydrogen-bond donors (Lipinski definition) is 1. The highest BCUT2D eigenvalue weighted by Crippen LogP contribution is 2.31. The molecule has 1 atom stereocenters. The van der Waals surface area contributed by atoms with Gasteiger partial charge in [0.2, 0.25) is 16.9 Å². The van der Waals surface area contributed by atoms with E-state index in [1.54, 1.807) is 0 Å². The molecule has 1 aliphatic heterocycles. The lowest BCUT2D eigenvalue weighted by Gasteiger charge is -2.09. The summed E-state index contributed by atoms with van der Waals surface area (Å²) in [6.07, 6.45) is 0.697. The molecule has 1 unspecified atom stereocenters. The SMILES string of the molecule is CCc1nnc(N2C(=O)CC(SCC(=O)O)C2=O)s1. The molecular weight excluding hydrogens is 290 g/mol. The van der Waals surface area contributed by atoms with Gasteiger partial charge in [0, 0.05) is 6.42 Å². The number of carbonyl (C=O) groups excluding carboxylic acids is 2. The maximum Gasteiger partial charge on any atom is 0.313 e. The molecule has 2 heterocycles. The van der Waals surface area contributed by atoms with Crippen LogP contribution in [0.5, 0.6) is 0 Å². The third-order valence-corrected chi connectivity index (χ3v) is 4.70. The van der Waals surface area contributed by atoms with Gasteiger partial charge in [-0.15, -0.1) is 22.0 Å². The number of carboxylic acids is 1. The number of carbonyl (C=O) groups is 3. The number of anilines is 1. The second-order valence-electron chi connectivity index (χ2n) is 3.80. The van der Waals surface area contributed by atoms with Gasteiger partial charge in [0.05, 0.1) is 11.0 Å².